The molecule has 3 heteroatoms. The molecule has 1 aromatic carbocycles. The Morgan fingerprint density at radius 2 is 1.83 bits per heavy atom. The summed E-state index contributed by atoms with van der Waals surface area (Å²) >= 11 is 6.02. The van der Waals surface area contributed by atoms with Crippen LogP contribution in [0.5, 0.6) is 0 Å². The molecule has 1 aliphatic carbocycles. The van der Waals surface area contributed by atoms with E-state index in [1.54, 1.807) is 0 Å². The number of anilines is 1. The van der Waals surface area contributed by atoms with Crippen molar-refractivity contribution in [3.8, 4) is 0 Å². The van der Waals surface area contributed by atoms with Crippen LogP contribution in [0, 0.1) is 11.3 Å². The lowest BCUT2D eigenvalue weighted by Crippen LogP contribution is -2.29. The molecule has 0 aliphatic heterocycles. The summed E-state index contributed by atoms with van der Waals surface area (Å²) in [6.07, 6.45) is 5.05. The van der Waals surface area contributed by atoms with E-state index in [4.69, 9.17) is 11.6 Å². The zero-order valence-electron chi connectivity index (χ0n) is 15.4. The Balaban J connectivity index is 2.21. The lowest BCUT2D eigenvalue weighted by molar-refractivity contribution is 0.169. The highest BCUT2D eigenvalue weighted by Gasteiger charge is 2.31. The van der Waals surface area contributed by atoms with Crippen LogP contribution in [0.25, 0.3) is 0 Å². The molecule has 1 N–H and O–H groups in total. The number of aliphatic hydroxyl groups is 1. The van der Waals surface area contributed by atoms with Gasteiger partial charge in [-0.1, -0.05) is 45.5 Å². The Morgan fingerprint density at radius 1 is 1.21 bits per heavy atom. The summed E-state index contributed by atoms with van der Waals surface area (Å²) in [5, 5.41) is 9.44. The summed E-state index contributed by atoms with van der Waals surface area (Å²) in [7, 11) is 0. The standard InChI is InChI=1S/C21H32ClNO/c1-16(15-22)23(13-14-24)20-8-6-5-7-19(20)17-9-11-18(12-10-17)21(2,3)4/h5-8,17-18,24H,1,9-15H2,2-4H3. The molecule has 134 valence electrons. The fourth-order valence-corrected chi connectivity index (χ4v) is 4.11. The average molecular weight is 350 g/mol. The van der Waals surface area contributed by atoms with E-state index in [2.05, 4.69) is 56.5 Å². The number of allylic oxidation sites excluding steroid dienone is 1. The summed E-state index contributed by atoms with van der Waals surface area (Å²) in [5.74, 6) is 1.78. The molecule has 2 nitrogen and oxygen atoms in total. The number of para-hydroxylation sites is 1. The molecule has 0 spiro atoms. The quantitative estimate of drug-likeness (QED) is 0.680. The zero-order valence-corrected chi connectivity index (χ0v) is 16.1. The lowest BCUT2D eigenvalue weighted by Gasteiger charge is -2.38. The Labute approximate surface area is 152 Å². The molecular formula is C21H32ClNO. The molecular weight excluding hydrogens is 318 g/mol. The van der Waals surface area contributed by atoms with Gasteiger partial charge in [-0.3, -0.25) is 0 Å². The van der Waals surface area contributed by atoms with E-state index in [-0.39, 0.29) is 6.61 Å². The number of nitrogens with zero attached hydrogens (tertiary/aromatic N) is 1. The number of alkyl halides is 1. The van der Waals surface area contributed by atoms with Gasteiger partial charge in [0.05, 0.1) is 12.5 Å². The topological polar surface area (TPSA) is 23.5 Å². The van der Waals surface area contributed by atoms with Crippen molar-refractivity contribution in [1.29, 1.82) is 0 Å². The fraction of sp³-hybridized carbons (Fsp3) is 0.619. The highest BCUT2D eigenvalue weighted by molar-refractivity contribution is 6.19. The van der Waals surface area contributed by atoms with Gasteiger partial charge in [0.1, 0.15) is 0 Å². The second kappa shape index (κ2) is 8.40. The summed E-state index contributed by atoms with van der Waals surface area (Å²) < 4.78 is 0. The van der Waals surface area contributed by atoms with Gasteiger partial charge in [-0.25, -0.2) is 0 Å². The van der Waals surface area contributed by atoms with Crippen LogP contribution >= 0.6 is 11.6 Å². The van der Waals surface area contributed by atoms with E-state index in [1.807, 2.05) is 0 Å². The Hall–Kier alpha value is -0.990. The number of hydrogen-bond acceptors (Lipinski definition) is 2. The molecule has 0 unspecified atom stereocenters. The van der Waals surface area contributed by atoms with Gasteiger partial charge >= 0.3 is 0 Å². The third kappa shape index (κ3) is 4.55. The maximum atomic E-state index is 9.44. The number of benzene rings is 1. The van der Waals surface area contributed by atoms with Gasteiger partial charge in [0.2, 0.25) is 0 Å². The van der Waals surface area contributed by atoms with Crippen LogP contribution < -0.4 is 4.90 Å². The summed E-state index contributed by atoms with van der Waals surface area (Å²) in [4.78, 5) is 2.08. The first kappa shape index (κ1) is 19.3. The molecule has 0 atom stereocenters. The lowest BCUT2D eigenvalue weighted by atomic mass is 9.68. The zero-order chi connectivity index (χ0) is 17.7. The maximum absolute atomic E-state index is 9.44. The molecule has 1 aromatic rings. The van der Waals surface area contributed by atoms with Crippen LogP contribution in [0.15, 0.2) is 36.5 Å². The van der Waals surface area contributed by atoms with Gasteiger partial charge in [0.25, 0.3) is 0 Å². The predicted octanol–water partition coefficient (Wildman–Crippen LogP) is 5.56. The van der Waals surface area contributed by atoms with Gasteiger partial charge in [-0.05, 0) is 54.6 Å². The molecule has 0 aromatic heterocycles. The van der Waals surface area contributed by atoms with Crippen LogP contribution in [-0.2, 0) is 0 Å². The SMILES string of the molecule is C=C(CCl)N(CCO)c1ccccc1C1CCC(C(C)(C)C)CC1. The fourth-order valence-electron chi connectivity index (χ4n) is 3.97. The van der Waals surface area contributed by atoms with E-state index < -0.39 is 0 Å². The van der Waals surface area contributed by atoms with Crippen molar-refractivity contribution in [2.24, 2.45) is 11.3 Å². The molecule has 0 radical (unpaired) electrons. The van der Waals surface area contributed by atoms with Crippen molar-refractivity contribution in [2.75, 3.05) is 23.9 Å². The highest BCUT2D eigenvalue weighted by Crippen LogP contribution is 2.45. The molecule has 0 amide bonds. The third-order valence-corrected chi connectivity index (χ3v) is 5.79. The van der Waals surface area contributed by atoms with Gasteiger partial charge in [-0.2, -0.15) is 0 Å². The number of aliphatic hydroxyl groups excluding tert-OH is 1. The van der Waals surface area contributed by atoms with E-state index in [1.165, 1.54) is 31.2 Å². The van der Waals surface area contributed by atoms with Crippen LogP contribution in [0.4, 0.5) is 5.69 Å². The molecule has 1 saturated carbocycles. The van der Waals surface area contributed by atoms with Crippen LogP contribution in [0.1, 0.15) is 57.9 Å². The Bertz CT molecular complexity index is 541. The van der Waals surface area contributed by atoms with Crippen molar-refractivity contribution in [1.82, 2.24) is 0 Å². The van der Waals surface area contributed by atoms with Gasteiger partial charge in [-0.15, -0.1) is 11.6 Å². The van der Waals surface area contributed by atoms with Crippen LogP contribution in [0.3, 0.4) is 0 Å². The van der Waals surface area contributed by atoms with Crippen LogP contribution in [-0.4, -0.2) is 24.1 Å². The van der Waals surface area contributed by atoms with E-state index in [9.17, 15) is 5.11 Å². The molecule has 0 saturated heterocycles. The van der Waals surface area contributed by atoms with Gasteiger partial charge in [0.15, 0.2) is 0 Å². The summed E-state index contributed by atoms with van der Waals surface area (Å²) in [6, 6.07) is 8.56. The Morgan fingerprint density at radius 3 is 2.38 bits per heavy atom. The molecule has 0 bridgehead atoms. The molecule has 2 rings (SSSR count). The van der Waals surface area contributed by atoms with E-state index in [0.717, 1.165) is 17.3 Å². The summed E-state index contributed by atoms with van der Waals surface area (Å²) in [6.45, 7) is 11.8. The van der Waals surface area contributed by atoms with E-state index in [0.29, 0.717) is 23.8 Å². The highest BCUT2D eigenvalue weighted by atomic mass is 35.5. The number of hydrogen-bond donors (Lipinski definition) is 1. The van der Waals surface area contributed by atoms with Crippen LogP contribution in [0.2, 0.25) is 0 Å². The minimum atomic E-state index is 0.0982. The van der Waals surface area contributed by atoms with E-state index >= 15 is 0 Å². The van der Waals surface area contributed by atoms with Crippen molar-refractivity contribution >= 4 is 17.3 Å². The first-order valence-electron chi connectivity index (χ1n) is 9.09. The van der Waals surface area contributed by atoms with Gasteiger partial charge in [0, 0.05) is 17.9 Å². The molecule has 0 heterocycles. The maximum Gasteiger partial charge on any atom is 0.0621 e. The smallest absolute Gasteiger partial charge is 0.0621 e. The second-order valence-corrected chi connectivity index (χ2v) is 8.32. The third-order valence-electron chi connectivity index (χ3n) is 5.48. The van der Waals surface area contributed by atoms with Crippen molar-refractivity contribution in [2.45, 2.75) is 52.4 Å². The Kier molecular flexibility index (Phi) is 6.77. The molecule has 1 fully saturated rings. The van der Waals surface area contributed by atoms with Crippen molar-refractivity contribution < 1.29 is 5.11 Å². The second-order valence-electron chi connectivity index (χ2n) is 8.05. The average Bonchev–Trinajstić information content (AvgIpc) is 2.58. The summed E-state index contributed by atoms with van der Waals surface area (Å²) in [5.41, 5.74) is 3.79. The number of halogens is 1. The predicted molar refractivity (Wildman–Crippen MR) is 105 cm³/mol. The molecule has 1 aliphatic rings. The monoisotopic (exact) mass is 349 g/mol. The normalized spacial score (nSPS) is 21.5. The largest absolute Gasteiger partial charge is 0.395 e. The minimum absolute atomic E-state index is 0.0982. The number of rotatable bonds is 6. The minimum Gasteiger partial charge on any atom is -0.395 e. The van der Waals surface area contributed by atoms with Crippen molar-refractivity contribution in [3.05, 3.63) is 42.1 Å². The molecule has 24 heavy (non-hydrogen) atoms. The first-order chi connectivity index (χ1) is 11.4. The first-order valence-corrected chi connectivity index (χ1v) is 9.63. The van der Waals surface area contributed by atoms with Crippen molar-refractivity contribution in [3.63, 3.8) is 0 Å². The van der Waals surface area contributed by atoms with Gasteiger partial charge < -0.3 is 10.0 Å².